The van der Waals surface area contributed by atoms with Crippen LogP contribution in [0.15, 0.2) is 24.3 Å². The number of hydrogen-bond acceptors (Lipinski definition) is 5. The number of aryl methyl sites for hydroxylation is 1. The van der Waals surface area contributed by atoms with Crippen LogP contribution in [0.2, 0.25) is 5.02 Å². The molecule has 0 atom stereocenters. The molecule has 0 saturated heterocycles. The molecule has 0 unspecified atom stereocenters. The van der Waals surface area contributed by atoms with Crippen molar-refractivity contribution in [2.24, 2.45) is 0 Å². The third kappa shape index (κ3) is 3.29. The number of nitrogen functional groups attached to an aromatic ring is 1. The molecule has 1 aromatic heterocycles. The van der Waals surface area contributed by atoms with E-state index in [9.17, 15) is 0 Å². The van der Waals surface area contributed by atoms with E-state index in [0.717, 1.165) is 0 Å². The van der Waals surface area contributed by atoms with Gasteiger partial charge in [-0.2, -0.15) is 9.97 Å². The van der Waals surface area contributed by atoms with Crippen molar-refractivity contribution in [2.45, 2.75) is 13.5 Å². The SMILES string of the molecule is Cc1nc(N)nc(COc2ccc(Cl)cc2)n1. The molecule has 0 aliphatic carbocycles. The monoisotopic (exact) mass is 250 g/mol. The number of hydrogen-bond donors (Lipinski definition) is 1. The van der Waals surface area contributed by atoms with Gasteiger partial charge in [-0.1, -0.05) is 11.6 Å². The minimum atomic E-state index is 0.201. The number of ether oxygens (including phenoxy) is 1. The summed E-state index contributed by atoms with van der Waals surface area (Å²) in [5.41, 5.74) is 5.51. The van der Waals surface area contributed by atoms with Crippen molar-refractivity contribution >= 4 is 17.5 Å². The quantitative estimate of drug-likeness (QED) is 0.902. The van der Waals surface area contributed by atoms with Crippen LogP contribution in [-0.4, -0.2) is 15.0 Å². The van der Waals surface area contributed by atoms with E-state index < -0.39 is 0 Å². The molecule has 0 aliphatic rings. The van der Waals surface area contributed by atoms with Crippen LogP contribution < -0.4 is 10.5 Å². The summed E-state index contributed by atoms with van der Waals surface area (Å²) in [4.78, 5) is 12.0. The minimum absolute atomic E-state index is 0.201. The molecule has 0 aliphatic heterocycles. The second-order valence-corrected chi connectivity index (χ2v) is 3.84. The fourth-order valence-electron chi connectivity index (χ4n) is 1.30. The van der Waals surface area contributed by atoms with Crippen molar-refractivity contribution in [1.82, 2.24) is 15.0 Å². The fraction of sp³-hybridized carbons (Fsp3) is 0.182. The summed E-state index contributed by atoms with van der Waals surface area (Å²) < 4.78 is 5.49. The second kappa shape index (κ2) is 4.97. The first-order valence-electron chi connectivity index (χ1n) is 4.99. The summed E-state index contributed by atoms with van der Waals surface area (Å²) in [6, 6.07) is 7.06. The molecule has 0 bridgehead atoms. The number of aromatic nitrogens is 3. The number of nitrogens with two attached hydrogens (primary N) is 1. The first-order chi connectivity index (χ1) is 8.13. The van der Waals surface area contributed by atoms with Crippen LogP contribution in [0.1, 0.15) is 11.6 Å². The molecule has 1 aromatic carbocycles. The number of nitrogens with zero attached hydrogens (tertiary/aromatic N) is 3. The Morgan fingerprint density at radius 3 is 2.53 bits per heavy atom. The Kier molecular flexibility index (Phi) is 3.39. The van der Waals surface area contributed by atoms with Gasteiger partial charge in [0.25, 0.3) is 0 Å². The number of benzene rings is 1. The molecule has 2 rings (SSSR count). The summed E-state index contributed by atoms with van der Waals surface area (Å²) in [7, 11) is 0. The van der Waals surface area contributed by atoms with E-state index in [0.29, 0.717) is 22.4 Å². The fourth-order valence-corrected chi connectivity index (χ4v) is 1.43. The molecular formula is C11H11ClN4O. The van der Waals surface area contributed by atoms with Gasteiger partial charge in [0.05, 0.1) is 0 Å². The lowest BCUT2D eigenvalue weighted by Crippen LogP contribution is -2.07. The molecule has 5 nitrogen and oxygen atoms in total. The number of rotatable bonds is 3. The maximum absolute atomic E-state index is 5.77. The van der Waals surface area contributed by atoms with Gasteiger partial charge in [-0.05, 0) is 31.2 Å². The first kappa shape index (κ1) is 11.6. The van der Waals surface area contributed by atoms with E-state index >= 15 is 0 Å². The van der Waals surface area contributed by atoms with Gasteiger partial charge in [-0.15, -0.1) is 0 Å². The topological polar surface area (TPSA) is 73.9 Å². The zero-order valence-electron chi connectivity index (χ0n) is 9.22. The largest absolute Gasteiger partial charge is 0.486 e. The molecule has 88 valence electrons. The third-order valence-electron chi connectivity index (χ3n) is 1.99. The normalized spacial score (nSPS) is 10.2. The molecule has 2 N–H and O–H groups in total. The van der Waals surface area contributed by atoms with Gasteiger partial charge in [0, 0.05) is 5.02 Å². The minimum Gasteiger partial charge on any atom is -0.486 e. The van der Waals surface area contributed by atoms with Gasteiger partial charge < -0.3 is 10.5 Å². The Bertz CT molecular complexity index is 495. The van der Waals surface area contributed by atoms with Gasteiger partial charge >= 0.3 is 0 Å². The summed E-state index contributed by atoms with van der Waals surface area (Å²) in [5.74, 6) is 1.98. The first-order valence-corrected chi connectivity index (χ1v) is 5.36. The molecule has 0 saturated carbocycles. The summed E-state index contributed by atoms with van der Waals surface area (Å²) in [5, 5.41) is 0.664. The van der Waals surface area contributed by atoms with Gasteiger partial charge in [0.15, 0.2) is 5.82 Å². The molecule has 0 spiro atoms. The van der Waals surface area contributed by atoms with Crippen molar-refractivity contribution < 1.29 is 4.74 Å². The van der Waals surface area contributed by atoms with Crippen molar-refractivity contribution in [3.63, 3.8) is 0 Å². The van der Waals surface area contributed by atoms with Crippen LogP contribution >= 0.6 is 11.6 Å². The van der Waals surface area contributed by atoms with Crippen LogP contribution in [0.4, 0.5) is 5.95 Å². The number of anilines is 1. The highest BCUT2D eigenvalue weighted by Crippen LogP contribution is 2.16. The molecule has 0 amide bonds. The van der Waals surface area contributed by atoms with Crippen molar-refractivity contribution in [3.05, 3.63) is 40.9 Å². The average molecular weight is 251 g/mol. The maximum atomic E-state index is 5.77. The molecule has 0 fully saturated rings. The lowest BCUT2D eigenvalue weighted by Gasteiger charge is -2.05. The van der Waals surface area contributed by atoms with Crippen LogP contribution in [-0.2, 0) is 6.61 Å². The zero-order chi connectivity index (χ0) is 12.3. The predicted octanol–water partition coefficient (Wildman–Crippen LogP) is 1.99. The summed E-state index contributed by atoms with van der Waals surface area (Å²) >= 11 is 5.77. The van der Waals surface area contributed by atoms with E-state index in [1.807, 2.05) is 0 Å². The van der Waals surface area contributed by atoms with E-state index in [1.165, 1.54) is 0 Å². The van der Waals surface area contributed by atoms with Crippen LogP contribution in [0.25, 0.3) is 0 Å². The highest BCUT2D eigenvalue weighted by atomic mass is 35.5. The molecule has 0 radical (unpaired) electrons. The molecule has 6 heteroatoms. The smallest absolute Gasteiger partial charge is 0.223 e. The van der Waals surface area contributed by atoms with E-state index in [1.54, 1.807) is 31.2 Å². The number of halogens is 1. The van der Waals surface area contributed by atoms with E-state index in [-0.39, 0.29) is 12.6 Å². The van der Waals surface area contributed by atoms with Crippen LogP contribution in [0.3, 0.4) is 0 Å². The highest BCUT2D eigenvalue weighted by molar-refractivity contribution is 6.30. The summed E-state index contributed by atoms with van der Waals surface area (Å²) in [6.45, 7) is 2.00. The Morgan fingerprint density at radius 2 is 1.88 bits per heavy atom. The predicted molar refractivity (Wildman–Crippen MR) is 64.8 cm³/mol. The van der Waals surface area contributed by atoms with Gasteiger partial charge in [-0.25, -0.2) is 4.98 Å². The Balaban J connectivity index is 2.04. The Hall–Kier alpha value is -1.88. The van der Waals surface area contributed by atoms with Gasteiger partial charge in [-0.3, -0.25) is 0 Å². The molecule has 2 aromatic rings. The lowest BCUT2D eigenvalue weighted by molar-refractivity contribution is 0.295. The third-order valence-corrected chi connectivity index (χ3v) is 2.24. The van der Waals surface area contributed by atoms with Crippen molar-refractivity contribution in [3.8, 4) is 5.75 Å². The molecule has 1 heterocycles. The molecular weight excluding hydrogens is 240 g/mol. The standard InChI is InChI=1S/C11H11ClN4O/c1-7-14-10(16-11(13)15-7)6-17-9-4-2-8(12)3-5-9/h2-5H,6H2,1H3,(H2,13,14,15,16). The lowest BCUT2D eigenvalue weighted by atomic mass is 10.3. The van der Waals surface area contributed by atoms with Crippen molar-refractivity contribution in [1.29, 1.82) is 0 Å². The van der Waals surface area contributed by atoms with Crippen molar-refractivity contribution in [2.75, 3.05) is 5.73 Å². The van der Waals surface area contributed by atoms with E-state index in [2.05, 4.69) is 15.0 Å². The van der Waals surface area contributed by atoms with E-state index in [4.69, 9.17) is 22.1 Å². The van der Waals surface area contributed by atoms with Crippen LogP contribution in [0.5, 0.6) is 5.75 Å². The van der Waals surface area contributed by atoms with Gasteiger partial charge in [0.2, 0.25) is 5.95 Å². The Labute approximate surface area is 104 Å². The Morgan fingerprint density at radius 1 is 1.18 bits per heavy atom. The highest BCUT2D eigenvalue weighted by Gasteiger charge is 2.02. The average Bonchev–Trinajstić information content (AvgIpc) is 2.27. The summed E-state index contributed by atoms with van der Waals surface area (Å²) in [6.07, 6.45) is 0. The zero-order valence-corrected chi connectivity index (χ0v) is 9.98. The van der Waals surface area contributed by atoms with Crippen LogP contribution in [0, 0.1) is 6.92 Å². The van der Waals surface area contributed by atoms with Gasteiger partial charge in [0.1, 0.15) is 18.2 Å². The maximum Gasteiger partial charge on any atom is 0.223 e. The second-order valence-electron chi connectivity index (χ2n) is 3.40. The molecule has 17 heavy (non-hydrogen) atoms.